The summed E-state index contributed by atoms with van der Waals surface area (Å²) in [4.78, 5) is 15.5. The molecule has 1 unspecified atom stereocenters. The van der Waals surface area contributed by atoms with Gasteiger partial charge in [-0.3, -0.25) is 4.79 Å². The highest BCUT2D eigenvalue weighted by molar-refractivity contribution is 6.31. The van der Waals surface area contributed by atoms with E-state index < -0.39 is 0 Å². The van der Waals surface area contributed by atoms with Crippen LogP contribution in [-0.2, 0) is 0 Å². The number of carbonyl (C=O) groups is 1. The molecule has 1 aliphatic rings. The zero-order chi connectivity index (χ0) is 14.1. The van der Waals surface area contributed by atoms with Crippen molar-refractivity contribution in [2.45, 2.75) is 25.8 Å². The van der Waals surface area contributed by atoms with Crippen LogP contribution in [0.5, 0.6) is 0 Å². The molecule has 1 saturated heterocycles. The third-order valence-electron chi connectivity index (χ3n) is 3.77. The van der Waals surface area contributed by atoms with E-state index in [1.54, 1.807) is 0 Å². The second-order valence-corrected chi connectivity index (χ2v) is 5.82. The van der Waals surface area contributed by atoms with Crippen LogP contribution in [0.1, 0.15) is 28.9 Å². The molecule has 20 heavy (non-hydrogen) atoms. The molecule has 1 aromatic carbocycles. The van der Waals surface area contributed by atoms with Gasteiger partial charge in [0, 0.05) is 28.5 Å². The van der Waals surface area contributed by atoms with Gasteiger partial charge < -0.3 is 15.6 Å². The molecule has 2 heterocycles. The molecule has 0 saturated carbocycles. The van der Waals surface area contributed by atoms with Crippen molar-refractivity contribution in [3.05, 3.63) is 34.5 Å². The number of hydrogen-bond acceptors (Lipinski definition) is 2. The molecule has 1 aromatic heterocycles. The number of nitrogens with one attached hydrogen (secondary N) is 3. The molecule has 1 aliphatic heterocycles. The van der Waals surface area contributed by atoms with Crippen LogP contribution in [0.2, 0.25) is 5.02 Å². The number of piperidine rings is 1. The monoisotopic (exact) mass is 291 g/mol. The number of carbonyl (C=O) groups excluding carboxylic acids is 1. The first-order valence-electron chi connectivity index (χ1n) is 6.94. The number of rotatable bonds is 2. The van der Waals surface area contributed by atoms with Gasteiger partial charge in [0.05, 0.1) is 0 Å². The van der Waals surface area contributed by atoms with Gasteiger partial charge in [-0.2, -0.15) is 0 Å². The van der Waals surface area contributed by atoms with Crippen LogP contribution in [0, 0.1) is 6.92 Å². The lowest BCUT2D eigenvalue weighted by atomic mass is 10.1. The van der Waals surface area contributed by atoms with Crippen molar-refractivity contribution in [1.29, 1.82) is 0 Å². The largest absolute Gasteiger partial charge is 0.350 e. The average molecular weight is 292 g/mol. The van der Waals surface area contributed by atoms with Crippen LogP contribution in [0.4, 0.5) is 0 Å². The molecule has 106 valence electrons. The van der Waals surface area contributed by atoms with Gasteiger partial charge in [0.25, 0.3) is 5.91 Å². The first-order valence-corrected chi connectivity index (χ1v) is 7.32. The van der Waals surface area contributed by atoms with Crippen molar-refractivity contribution in [1.82, 2.24) is 15.6 Å². The number of amides is 1. The van der Waals surface area contributed by atoms with Gasteiger partial charge in [0.15, 0.2) is 0 Å². The molecular formula is C15H18ClN3O. The number of benzene rings is 1. The normalized spacial score (nSPS) is 19.2. The Labute approximate surface area is 122 Å². The lowest BCUT2D eigenvalue weighted by Crippen LogP contribution is -2.45. The summed E-state index contributed by atoms with van der Waals surface area (Å²) in [5.41, 5.74) is 2.61. The number of aromatic nitrogens is 1. The third kappa shape index (κ3) is 2.67. The molecule has 4 nitrogen and oxygen atoms in total. The highest BCUT2D eigenvalue weighted by Gasteiger charge is 2.18. The zero-order valence-electron chi connectivity index (χ0n) is 11.4. The van der Waals surface area contributed by atoms with E-state index in [4.69, 9.17) is 11.6 Å². The van der Waals surface area contributed by atoms with Gasteiger partial charge in [0.2, 0.25) is 0 Å². The summed E-state index contributed by atoms with van der Waals surface area (Å²) in [6, 6.07) is 5.85. The Morgan fingerprint density at radius 2 is 2.25 bits per heavy atom. The fourth-order valence-corrected chi connectivity index (χ4v) is 3.02. The van der Waals surface area contributed by atoms with Gasteiger partial charge in [-0.15, -0.1) is 0 Å². The fraction of sp³-hybridized carbons (Fsp3) is 0.400. The van der Waals surface area contributed by atoms with Gasteiger partial charge in [-0.1, -0.05) is 11.6 Å². The van der Waals surface area contributed by atoms with Crippen LogP contribution in [0.3, 0.4) is 0 Å². The maximum Gasteiger partial charge on any atom is 0.267 e. The number of H-pyrrole nitrogens is 1. The van der Waals surface area contributed by atoms with Crippen molar-refractivity contribution in [3.63, 3.8) is 0 Å². The Hall–Kier alpha value is -1.52. The maximum atomic E-state index is 12.3. The number of fused-ring (bicyclic) bond motifs is 1. The predicted octanol–water partition coefficient (Wildman–Crippen LogP) is 2.61. The Kier molecular flexibility index (Phi) is 3.68. The standard InChI is InChI=1S/C15H18ClN3O/c1-9-5-11(16)6-10-7-13(19-14(9)10)15(20)18-12-3-2-4-17-8-12/h5-7,12,17,19H,2-4,8H2,1H3,(H,18,20). The van der Waals surface area contributed by atoms with Gasteiger partial charge in [-0.25, -0.2) is 0 Å². The molecule has 0 radical (unpaired) electrons. The summed E-state index contributed by atoms with van der Waals surface area (Å²) in [6.45, 7) is 3.87. The molecule has 1 atom stereocenters. The quantitative estimate of drug-likeness (QED) is 0.797. The average Bonchev–Trinajstić information content (AvgIpc) is 2.84. The lowest BCUT2D eigenvalue weighted by molar-refractivity contribution is 0.0926. The summed E-state index contributed by atoms with van der Waals surface area (Å²) < 4.78 is 0. The topological polar surface area (TPSA) is 56.9 Å². The predicted molar refractivity (Wildman–Crippen MR) is 81.4 cm³/mol. The minimum Gasteiger partial charge on any atom is -0.350 e. The van der Waals surface area contributed by atoms with Crippen LogP contribution in [-0.4, -0.2) is 30.0 Å². The van der Waals surface area contributed by atoms with E-state index in [9.17, 15) is 4.79 Å². The molecule has 0 bridgehead atoms. The van der Waals surface area contributed by atoms with Crippen LogP contribution in [0.15, 0.2) is 18.2 Å². The number of aryl methyl sites for hydroxylation is 1. The van der Waals surface area contributed by atoms with Crippen LogP contribution in [0.25, 0.3) is 10.9 Å². The number of hydrogen-bond donors (Lipinski definition) is 3. The molecule has 1 fully saturated rings. The Morgan fingerprint density at radius 1 is 1.40 bits per heavy atom. The highest BCUT2D eigenvalue weighted by Crippen LogP contribution is 2.24. The van der Waals surface area contributed by atoms with Gasteiger partial charge in [0.1, 0.15) is 5.69 Å². The first-order chi connectivity index (χ1) is 9.63. The van der Waals surface area contributed by atoms with Crippen molar-refractivity contribution in [2.24, 2.45) is 0 Å². The molecule has 2 aromatic rings. The fourth-order valence-electron chi connectivity index (χ4n) is 2.74. The van der Waals surface area contributed by atoms with E-state index in [2.05, 4.69) is 15.6 Å². The molecule has 5 heteroatoms. The minimum atomic E-state index is -0.0505. The SMILES string of the molecule is Cc1cc(Cl)cc2cc(C(=O)NC3CCCNC3)[nH]c12. The second kappa shape index (κ2) is 5.46. The lowest BCUT2D eigenvalue weighted by Gasteiger charge is -2.23. The zero-order valence-corrected chi connectivity index (χ0v) is 12.2. The van der Waals surface area contributed by atoms with Crippen molar-refractivity contribution in [3.8, 4) is 0 Å². The summed E-state index contributed by atoms with van der Waals surface area (Å²) in [5, 5.41) is 8.02. The molecule has 0 aliphatic carbocycles. The highest BCUT2D eigenvalue weighted by atomic mass is 35.5. The molecule has 0 spiro atoms. The minimum absolute atomic E-state index is 0.0505. The second-order valence-electron chi connectivity index (χ2n) is 5.39. The van der Waals surface area contributed by atoms with Gasteiger partial charge >= 0.3 is 0 Å². The van der Waals surface area contributed by atoms with E-state index in [1.807, 2.05) is 25.1 Å². The van der Waals surface area contributed by atoms with E-state index in [0.29, 0.717) is 10.7 Å². The van der Waals surface area contributed by atoms with E-state index in [0.717, 1.165) is 42.4 Å². The first kappa shape index (κ1) is 13.5. The van der Waals surface area contributed by atoms with E-state index in [-0.39, 0.29) is 11.9 Å². The molecular weight excluding hydrogens is 274 g/mol. The van der Waals surface area contributed by atoms with Crippen LogP contribution >= 0.6 is 11.6 Å². The van der Waals surface area contributed by atoms with Crippen molar-refractivity contribution < 1.29 is 4.79 Å². The van der Waals surface area contributed by atoms with Crippen LogP contribution < -0.4 is 10.6 Å². The number of aromatic amines is 1. The molecule has 1 amide bonds. The summed E-state index contributed by atoms with van der Waals surface area (Å²) in [6.07, 6.45) is 2.14. The van der Waals surface area contributed by atoms with E-state index >= 15 is 0 Å². The Morgan fingerprint density at radius 3 is 3.00 bits per heavy atom. The Balaban J connectivity index is 1.82. The maximum absolute atomic E-state index is 12.3. The smallest absolute Gasteiger partial charge is 0.267 e. The summed E-state index contributed by atoms with van der Waals surface area (Å²) >= 11 is 6.05. The molecule has 3 N–H and O–H groups in total. The summed E-state index contributed by atoms with van der Waals surface area (Å²) in [7, 11) is 0. The van der Waals surface area contributed by atoms with E-state index in [1.165, 1.54) is 0 Å². The number of halogens is 1. The summed E-state index contributed by atoms with van der Waals surface area (Å²) in [5.74, 6) is -0.0505. The third-order valence-corrected chi connectivity index (χ3v) is 3.99. The Bertz CT molecular complexity index is 644. The van der Waals surface area contributed by atoms with Gasteiger partial charge in [-0.05, 0) is 50.1 Å². The van der Waals surface area contributed by atoms with Crippen molar-refractivity contribution >= 4 is 28.4 Å². The molecule has 3 rings (SSSR count). The van der Waals surface area contributed by atoms with Crippen molar-refractivity contribution in [2.75, 3.05) is 13.1 Å².